The van der Waals surface area contributed by atoms with Crippen LogP contribution in [0.4, 0.5) is 0 Å². The van der Waals surface area contributed by atoms with Crippen molar-refractivity contribution in [2.24, 2.45) is 0 Å². The molecular weight excluding hydrogens is 234 g/mol. The second-order valence-electron chi connectivity index (χ2n) is 4.21. The van der Waals surface area contributed by atoms with E-state index in [0.717, 1.165) is 5.56 Å². The summed E-state index contributed by atoms with van der Waals surface area (Å²) in [6.45, 7) is 1.99. The number of nitrogens with one attached hydrogen (secondary N) is 1. The van der Waals surface area contributed by atoms with Gasteiger partial charge in [0.15, 0.2) is 0 Å². The van der Waals surface area contributed by atoms with E-state index in [1.165, 1.54) is 0 Å². The number of carbonyl (C=O) groups excluding carboxylic acids is 1. The van der Waals surface area contributed by atoms with Crippen molar-refractivity contribution in [2.45, 2.75) is 25.3 Å². The van der Waals surface area contributed by atoms with Crippen LogP contribution in [0, 0.1) is 0 Å². The van der Waals surface area contributed by atoms with Gasteiger partial charge >= 0.3 is 5.97 Å². The molecule has 0 radical (unpaired) electrons. The highest BCUT2D eigenvalue weighted by molar-refractivity contribution is 5.89. The van der Waals surface area contributed by atoms with Crippen LogP contribution in [-0.4, -0.2) is 29.6 Å². The Morgan fingerprint density at radius 3 is 2.89 bits per heavy atom. The molecule has 0 saturated carbocycles. The summed E-state index contributed by atoms with van der Waals surface area (Å²) < 4.78 is 5.40. The minimum Gasteiger partial charge on any atom is -0.492 e. The molecule has 2 rings (SSSR count). The first-order valence-corrected chi connectivity index (χ1v) is 5.88. The minimum absolute atomic E-state index is 0.265. The molecule has 0 aliphatic carbocycles. The Morgan fingerprint density at radius 2 is 2.22 bits per heavy atom. The number of rotatable bonds is 4. The van der Waals surface area contributed by atoms with Gasteiger partial charge in [0.1, 0.15) is 24.3 Å². The number of benzene rings is 1. The minimum atomic E-state index is -1.02. The maximum atomic E-state index is 12.0. The molecular formula is C13H15NO4. The Balaban J connectivity index is 2.10. The summed E-state index contributed by atoms with van der Waals surface area (Å²) in [6, 6.07) is 6.46. The number of aliphatic carboxylic acids is 1. The van der Waals surface area contributed by atoms with Crippen LogP contribution in [0.25, 0.3) is 0 Å². The van der Waals surface area contributed by atoms with Crippen LogP contribution in [0.3, 0.4) is 0 Å². The van der Waals surface area contributed by atoms with Gasteiger partial charge in [-0.25, -0.2) is 4.79 Å². The third-order valence-electron chi connectivity index (χ3n) is 3.04. The van der Waals surface area contributed by atoms with Crippen LogP contribution >= 0.6 is 0 Å². The molecule has 2 N–H and O–H groups in total. The summed E-state index contributed by atoms with van der Waals surface area (Å²) in [5.74, 6) is -1.04. The maximum absolute atomic E-state index is 12.0. The number of carboxylic acid groups (broad SMARTS) is 1. The maximum Gasteiger partial charge on any atom is 0.326 e. The van der Waals surface area contributed by atoms with E-state index in [4.69, 9.17) is 9.84 Å². The van der Waals surface area contributed by atoms with E-state index in [1.807, 2.05) is 18.2 Å². The van der Waals surface area contributed by atoms with Crippen LogP contribution in [0.15, 0.2) is 24.3 Å². The molecule has 0 bridgehead atoms. The van der Waals surface area contributed by atoms with E-state index in [1.54, 1.807) is 13.0 Å². The second kappa shape index (κ2) is 5.08. The van der Waals surface area contributed by atoms with Gasteiger partial charge in [-0.3, -0.25) is 4.79 Å². The Bertz CT molecular complexity index is 472. The van der Waals surface area contributed by atoms with Crippen molar-refractivity contribution in [1.82, 2.24) is 5.32 Å². The molecule has 5 nitrogen and oxygen atoms in total. The van der Waals surface area contributed by atoms with Gasteiger partial charge in [-0.05, 0) is 12.5 Å². The fourth-order valence-electron chi connectivity index (χ4n) is 1.99. The van der Waals surface area contributed by atoms with Crippen LogP contribution < -0.4 is 10.1 Å². The summed E-state index contributed by atoms with van der Waals surface area (Å²) in [4.78, 5) is 22.9. The molecule has 1 heterocycles. The van der Waals surface area contributed by atoms with Gasteiger partial charge in [0.25, 0.3) is 0 Å². The van der Waals surface area contributed by atoms with E-state index in [0.29, 0.717) is 12.2 Å². The van der Waals surface area contributed by atoms with E-state index < -0.39 is 17.9 Å². The normalized spacial score (nSPS) is 18.6. The first-order valence-electron chi connectivity index (χ1n) is 5.88. The zero-order valence-corrected chi connectivity index (χ0v) is 10.1. The highest BCUT2D eigenvalue weighted by Crippen LogP contribution is 2.33. The predicted molar refractivity (Wildman–Crippen MR) is 64.5 cm³/mol. The highest BCUT2D eigenvalue weighted by atomic mass is 16.5. The van der Waals surface area contributed by atoms with Crippen LogP contribution in [-0.2, 0) is 9.59 Å². The number of hydrogen-bond acceptors (Lipinski definition) is 3. The average molecular weight is 249 g/mol. The molecule has 2 unspecified atom stereocenters. The smallest absolute Gasteiger partial charge is 0.326 e. The fraction of sp³-hybridized carbons (Fsp3) is 0.385. The molecule has 5 heteroatoms. The zero-order valence-electron chi connectivity index (χ0n) is 10.1. The van der Waals surface area contributed by atoms with Crippen molar-refractivity contribution in [3.8, 4) is 5.75 Å². The second-order valence-corrected chi connectivity index (χ2v) is 4.21. The molecule has 1 amide bonds. The van der Waals surface area contributed by atoms with Crippen LogP contribution in [0.5, 0.6) is 5.75 Å². The quantitative estimate of drug-likeness (QED) is 0.839. The third kappa shape index (κ3) is 2.30. The lowest BCUT2D eigenvalue weighted by Crippen LogP contribution is -2.42. The monoisotopic (exact) mass is 249 g/mol. The molecule has 0 saturated heterocycles. The molecule has 1 aliphatic heterocycles. The van der Waals surface area contributed by atoms with Gasteiger partial charge in [-0.15, -0.1) is 0 Å². The molecule has 18 heavy (non-hydrogen) atoms. The summed E-state index contributed by atoms with van der Waals surface area (Å²) in [7, 11) is 0. The first-order chi connectivity index (χ1) is 8.63. The fourth-order valence-corrected chi connectivity index (χ4v) is 1.99. The van der Waals surface area contributed by atoms with E-state index in [-0.39, 0.29) is 12.5 Å². The summed E-state index contributed by atoms with van der Waals surface area (Å²) in [6.07, 6.45) is 0.357. The average Bonchev–Trinajstić information content (AvgIpc) is 2.79. The van der Waals surface area contributed by atoms with Gasteiger partial charge < -0.3 is 15.2 Å². The van der Waals surface area contributed by atoms with Gasteiger partial charge in [0, 0.05) is 5.56 Å². The number of amides is 1. The molecule has 2 atom stereocenters. The molecule has 1 aliphatic rings. The van der Waals surface area contributed by atoms with Crippen molar-refractivity contribution >= 4 is 11.9 Å². The summed E-state index contributed by atoms with van der Waals surface area (Å²) in [5, 5.41) is 11.4. The van der Waals surface area contributed by atoms with E-state index in [9.17, 15) is 9.59 Å². The number of hydrogen-bond donors (Lipinski definition) is 2. The number of fused-ring (bicyclic) bond motifs is 1. The van der Waals surface area contributed by atoms with Crippen molar-refractivity contribution < 1.29 is 19.4 Å². The number of para-hydroxylation sites is 1. The van der Waals surface area contributed by atoms with Gasteiger partial charge in [0.2, 0.25) is 5.91 Å². The Labute approximate surface area is 105 Å². The van der Waals surface area contributed by atoms with Crippen LogP contribution in [0.2, 0.25) is 0 Å². The number of carboxylic acids is 1. The van der Waals surface area contributed by atoms with Crippen molar-refractivity contribution in [2.75, 3.05) is 6.61 Å². The van der Waals surface area contributed by atoms with Gasteiger partial charge in [-0.1, -0.05) is 25.1 Å². The highest BCUT2D eigenvalue weighted by Gasteiger charge is 2.31. The Morgan fingerprint density at radius 1 is 1.50 bits per heavy atom. The number of ether oxygens (including phenoxy) is 1. The first kappa shape index (κ1) is 12.4. The van der Waals surface area contributed by atoms with Crippen molar-refractivity contribution in [3.05, 3.63) is 29.8 Å². The molecule has 96 valence electrons. The van der Waals surface area contributed by atoms with Gasteiger partial charge in [0.05, 0.1) is 0 Å². The molecule has 0 aromatic heterocycles. The molecule has 1 aromatic carbocycles. The topological polar surface area (TPSA) is 75.6 Å². The van der Waals surface area contributed by atoms with E-state index in [2.05, 4.69) is 5.32 Å². The lowest BCUT2D eigenvalue weighted by molar-refractivity contribution is -0.142. The largest absolute Gasteiger partial charge is 0.492 e. The number of carbonyl (C=O) groups is 2. The van der Waals surface area contributed by atoms with Gasteiger partial charge in [-0.2, -0.15) is 0 Å². The lowest BCUT2D eigenvalue weighted by atomic mass is 10.00. The standard InChI is InChI=1S/C13H15NO4/c1-2-10(13(16)17)14-12(15)9-7-18-11-6-4-3-5-8(9)11/h3-6,9-10H,2,7H2,1H3,(H,14,15)(H,16,17). The third-order valence-corrected chi connectivity index (χ3v) is 3.04. The Kier molecular flexibility index (Phi) is 3.50. The molecule has 0 fully saturated rings. The predicted octanol–water partition coefficient (Wildman–Crippen LogP) is 1.14. The van der Waals surface area contributed by atoms with Crippen molar-refractivity contribution in [1.29, 1.82) is 0 Å². The molecule has 0 spiro atoms. The van der Waals surface area contributed by atoms with E-state index >= 15 is 0 Å². The van der Waals surface area contributed by atoms with Crippen LogP contribution in [0.1, 0.15) is 24.8 Å². The molecule has 1 aromatic rings. The van der Waals surface area contributed by atoms with Crippen molar-refractivity contribution in [3.63, 3.8) is 0 Å². The summed E-state index contributed by atoms with van der Waals surface area (Å²) >= 11 is 0. The Hall–Kier alpha value is -2.04. The SMILES string of the molecule is CCC(NC(=O)C1COc2ccccc21)C(=O)O. The lowest BCUT2D eigenvalue weighted by Gasteiger charge is -2.15. The zero-order chi connectivity index (χ0) is 13.1. The summed E-state index contributed by atoms with van der Waals surface area (Å²) in [5.41, 5.74) is 0.815.